The first-order valence-electron chi connectivity index (χ1n) is 7.37. The predicted molar refractivity (Wildman–Crippen MR) is 88.8 cm³/mol. The van der Waals surface area contributed by atoms with Gasteiger partial charge in [-0.2, -0.15) is 4.98 Å². The Hall–Kier alpha value is -2.47. The average molecular weight is 327 g/mol. The van der Waals surface area contributed by atoms with Crippen LogP contribution < -0.4 is 0 Å². The maximum absolute atomic E-state index is 12.2. The number of amides is 1. The zero-order chi connectivity index (χ0) is 16.1. The van der Waals surface area contributed by atoms with Gasteiger partial charge in [-0.1, -0.05) is 41.6 Å². The van der Waals surface area contributed by atoms with Crippen molar-refractivity contribution >= 4 is 17.2 Å². The number of hydrogen-bond acceptors (Lipinski definition) is 5. The van der Waals surface area contributed by atoms with Crippen LogP contribution in [0.1, 0.15) is 17.9 Å². The van der Waals surface area contributed by atoms with Crippen molar-refractivity contribution in [2.45, 2.75) is 19.4 Å². The molecule has 0 atom stereocenters. The van der Waals surface area contributed by atoms with Gasteiger partial charge in [0.2, 0.25) is 17.6 Å². The van der Waals surface area contributed by atoms with E-state index in [9.17, 15) is 4.79 Å². The molecule has 0 aliphatic rings. The van der Waals surface area contributed by atoms with Crippen LogP contribution in [-0.2, 0) is 17.8 Å². The van der Waals surface area contributed by atoms with E-state index in [-0.39, 0.29) is 5.91 Å². The third kappa shape index (κ3) is 4.04. The maximum Gasteiger partial charge on any atom is 0.246 e. The van der Waals surface area contributed by atoms with E-state index < -0.39 is 0 Å². The molecular formula is C17H17N3O2S. The number of rotatable bonds is 6. The summed E-state index contributed by atoms with van der Waals surface area (Å²) >= 11 is 1.55. The standard InChI is InChI=1S/C17H17N3O2S/c1-20(16(21)10-9-13-6-3-2-4-7-13)12-15-18-17(19-22-15)14-8-5-11-23-14/h2-8,11H,9-10,12H2,1H3. The van der Waals surface area contributed by atoms with Gasteiger partial charge in [0.05, 0.1) is 11.4 Å². The molecule has 0 radical (unpaired) electrons. The lowest BCUT2D eigenvalue weighted by molar-refractivity contribution is -0.130. The third-order valence-electron chi connectivity index (χ3n) is 3.48. The molecule has 0 fully saturated rings. The lowest BCUT2D eigenvalue weighted by Crippen LogP contribution is -2.26. The van der Waals surface area contributed by atoms with Crippen LogP contribution in [0.4, 0.5) is 0 Å². The minimum Gasteiger partial charge on any atom is -0.337 e. The Kier molecular flexibility index (Phi) is 4.83. The first-order chi connectivity index (χ1) is 11.2. The van der Waals surface area contributed by atoms with Gasteiger partial charge in [0, 0.05) is 13.5 Å². The van der Waals surface area contributed by atoms with E-state index in [1.54, 1.807) is 23.3 Å². The molecule has 0 spiro atoms. The normalized spacial score (nSPS) is 10.7. The van der Waals surface area contributed by atoms with E-state index in [0.717, 1.165) is 16.9 Å². The van der Waals surface area contributed by atoms with Crippen molar-refractivity contribution in [3.05, 3.63) is 59.3 Å². The van der Waals surface area contributed by atoms with E-state index in [4.69, 9.17) is 4.52 Å². The highest BCUT2D eigenvalue weighted by atomic mass is 32.1. The molecule has 6 heteroatoms. The number of benzene rings is 1. The number of carbonyl (C=O) groups is 1. The van der Waals surface area contributed by atoms with Crippen molar-refractivity contribution in [3.8, 4) is 10.7 Å². The van der Waals surface area contributed by atoms with Crippen molar-refractivity contribution in [2.75, 3.05) is 7.05 Å². The first kappa shape index (κ1) is 15.4. The van der Waals surface area contributed by atoms with E-state index >= 15 is 0 Å². The Bertz CT molecular complexity index is 753. The molecule has 118 valence electrons. The summed E-state index contributed by atoms with van der Waals surface area (Å²) in [6, 6.07) is 13.9. The van der Waals surface area contributed by atoms with Crippen LogP contribution >= 0.6 is 11.3 Å². The number of aryl methyl sites for hydroxylation is 1. The Labute approximate surface area is 138 Å². The fourth-order valence-corrected chi connectivity index (χ4v) is 2.85. The summed E-state index contributed by atoms with van der Waals surface area (Å²) in [5.74, 6) is 1.08. The van der Waals surface area contributed by atoms with Gasteiger partial charge in [0.15, 0.2) is 0 Å². The van der Waals surface area contributed by atoms with E-state index in [2.05, 4.69) is 10.1 Å². The highest BCUT2D eigenvalue weighted by molar-refractivity contribution is 7.13. The second-order valence-corrected chi connectivity index (χ2v) is 6.17. The summed E-state index contributed by atoms with van der Waals surface area (Å²) in [6.07, 6.45) is 1.20. The number of aromatic nitrogens is 2. The van der Waals surface area contributed by atoms with Gasteiger partial charge in [0.1, 0.15) is 0 Å². The Balaban J connectivity index is 1.54. The maximum atomic E-state index is 12.2. The molecule has 0 N–H and O–H groups in total. The van der Waals surface area contributed by atoms with Crippen molar-refractivity contribution in [1.29, 1.82) is 0 Å². The number of hydrogen-bond donors (Lipinski definition) is 0. The van der Waals surface area contributed by atoms with Crippen LogP contribution in [0.25, 0.3) is 10.7 Å². The zero-order valence-electron chi connectivity index (χ0n) is 12.8. The fraction of sp³-hybridized carbons (Fsp3) is 0.235. The van der Waals surface area contributed by atoms with Gasteiger partial charge in [-0.3, -0.25) is 4.79 Å². The van der Waals surface area contributed by atoms with Crippen molar-refractivity contribution in [3.63, 3.8) is 0 Å². The van der Waals surface area contributed by atoms with Gasteiger partial charge in [-0.15, -0.1) is 11.3 Å². The van der Waals surface area contributed by atoms with Crippen LogP contribution in [0, 0.1) is 0 Å². The molecule has 23 heavy (non-hydrogen) atoms. The molecule has 0 unspecified atom stereocenters. The topological polar surface area (TPSA) is 59.2 Å². The zero-order valence-corrected chi connectivity index (χ0v) is 13.6. The van der Waals surface area contributed by atoms with Crippen LogP contribution in [0.3, 0.4) is 0 Å². The summed E-state index contributed by atoms with van der Waals surface area (Å²) in [5, 5.41) is 5.91. The van der Waals surface area contributed by atoms with E-state index in [1.165, 1.54) is 0 Å². The largest absolute Gasteiger partial charge is 0.337 e. The molecule has 0 aliphatic carbocycles. The van der Waals surface area contributed by atoms with Crippen molar-refractivity contribution in [2.24, 2.45) is 0 Å². The summed E-state index contributed by atoms with van der Waals surface area (Å²) in [5.41, 5.74) is 1.16. The highest BCUT2D eigenvalue weighted by Gasteiger charge is 2.15. The molecule has 0 aliphatic heterocycles. The molecule has 0 saturated carbocycles. The van der Waals surface area contributed by atoms with Crippen molar-refractivity contribution < 1.29 is 9.32 Å². The lowest BCUT2D eigenvalue weighted by Gasteiger charge is -2.14. The fourth-order valence-electron chi connectivity index (χ4n) is 2.20. The predicted octanol–water partition coefficient (Wildman–Crippen LogP) is 3.39. The molecule has 1 aromatic carbocycles. The quantitative estimate of drug-likeness (QED) is 0.696. The Morgan fingerprint density at radius 1 is 1.22 bits per heavy atom. The summed E-state index contributed by atoms with van der Waals surface area (Å²) in [4.78, 5) is 19.1. The average Bonchev–Trinajstić information content (AvgIpc) is 3.24. The van der Waals surface area contributed by atoms with Gasteiger partial charge in [0.25, 0.3) is 0 Å². The molecule has 5 nitrogen and oxygen atoms in total. The van der Waals surface area contributed by atoms with E-state index in [0.29, 0.717) is 24.7 Å². The smallest absolute Gasteiger partial charge is 0.246 e. The summed E-state index contributed by atoms with van der Waals surface area (Å²) < 4.78 is 5.22. The minimum atomic E-state index is 0.0599. The van der Waals surface area contributed by atoms with Crippen LogP contribution in [0.2, 0.25) is 0 Å². The second-order valence-electron chi connectivity index (χ2n) is 5.22. The Morgan fingerprint density at radius 3 is 2.78 bits per heavy atom. The minimum absolute atomic E-state index is 0.0599. The number of nitrogens with zero attached hydrogens (tertiary/aromatic N) is 3. The van der Waals surface area contributed by atoms with Crippen LogP contribution in [0.15, 0.2) is 52.4 Å². The summed E-state index contributed by atoms with van der Waals surface area (Å²) in [6.45, 7) is 0.325. The molecule has 2 heterocycles. The molecule has 1 amide bonds. The molecule has 0 saturated heterocycles. The molecule has 3 rings (SSSR count). The number of thiophene rings is 1. The second kappa shape index (κ2) is 7.19. The SMILES string of the molecule is CN(Cc1nc(-c2cccs2)no1)C(=O)CCc1ccccc1. The first-order valence-corrected chi connectivity index (χ1v) is 8.24. The molecular weight excluding hydrogens is 310 g/mol. The third-order valence-corrected chi connectivity index (χ3v) is 4.34. The van der Waals surface area contributed by atoms with Crippen molar-refractivity contribution in [1.82, 2.24) is 15.0 Å². The monoisotopic (exact) mass is 327 g/mol. The molecule has 2 aromatic heterocycles. The van der Waals surface area contributed by atoms with Crippen LogP contribution in [-0.4, -0.2) is 28.0 Å². The number of carbonyl (C=O) groups excluding carboxylic acids is 1. The molecule has 3 aromatic rings. The van der Waals surface area contributed by atoms with Gasteiger partial charge < -0.3 is 9.42 Å². The Morgan fingerprint density at radius 2 is 2.04 bits per heavy atom. The highest BCUT2D eigenvalue weighted by Crippen LogP contribution is 2.21. The van der Waals surface area contributed by atoms with Crippen LogP contribution in [0.5, 0.6) is 0 Å². The van der Waals surface area contributed by atoms with Gasteiger partial charge in [-0.25, -0.2) is 0 Å². The van der Waals surface area contributed by atoms with Gasteiger partial charge >= 0.3 is 0 Å². The summed E-state index contributed by atoms with van der Waals surface area (Å²) in [7, 11) is 1.75. The van der Waals surface area contributed by atoms with E-state index in [1.807, 2.05) is 47.8 Å². The van der Waals surface area contributed by atoms with Gasteiger partial charge in [-0.05, 0) is 23.4 Å². The lowest BCUT2D eigenvalue weighted by atomic mass is 10.1. The molecule has 0 bridgehead atoms.